The fraction of sp³-hybridized carbons (Fsp3) is 0.133. The van der Waals surface area contributed by atoms with Crippen LogP contribution in [0, 0.1) is 6.92 Å². The van der Waals surface area contributed by atoms with E-state index in [0.29, 0.717) is 11.1 Å². The molecule has 0 bridgehead atoms. The van der Waals surface area contributed by atoms with Crippen LogP contribution in [0.2, 0.25) is 0 Å². The standard InChI is InChI=1S/C15H13F2NO3/c1-9-8-10(19)6-7-11(9)14(20)18-12-4-2-3-5-13(12)21-15(16)17/h2-8,15,19H,1H3,(H,18,20). The summed E-state index contributed by atoms with van der Waals surface area (Å²) in [5.74, 6) is -0.541. The number of aryl methyl sites for hydroxylation is 1. The quantitative estimate of drug-likeness (QED) is 0.906. The molecule has 0 aliphatic rings. The summed E-state index contributed by atoms with van der Waals surface area (Å²) in [4.78, 5) is 12.1. The van der Waals surface area contributed by atoms with E-state index in [1.165, 1.54) is 36.4 Å². The van der Waals surface area contributed by atoms with Gasteiger partial charge >= 0.3 is 6.61 Å². The molecule has 0 heterocycles. The number of hydrogen-bond donors (Lipinski definition) is 2. The third kappa shape index (κ3) is 3.68. The number of carbonyl (C=O) groups is 1. The van der Waals surface area contributed by atoms with Gasteiger partial charge in [-0.3, -0.25) is 4.79 Å². The SMILES string of the molecule is Cc1cc(O)ccc1C(=O)Nc1ccccc1OC(F)F. The Morgan fingerprint density at radius 1 is 1.24 bits per heavy atom. The Morgan fingerprint density at radius 3 is 2.62 bits per heavy atom. The number of phenolic OH excluding ortho intramolecular Hbond substituents is 1. The van der Waals surface area contributed by atoms with Crippen molar-refractivity contribution in [2.24, 2.45) is 0 Å². The molecule has 0 aliphatic carbocycles. The zero-order valence-corrected chi connectivity index (χ0v) is 11.1. The number of ether oxygens (including phenoxy) is 1. The Bertz CT molecular complexity index is 659. The number of phenols is 1. The zero-order valence-electron chi connectivity index (χ0n) is 11.1. The Balaban J connectivity index is 2.23. The molecule has 2 N–H and O–H groups in total. The Hall–Kier alpha value is -2.63. The minimum atomic E-state index is -2.97. The highest BCUT2D eigenvalue weighted by Crippen LogP contribution is 2.26. The summed E-state index contributed by atoms with van der Waals surface area (Å²) >= 11 is 0. The van der Waals surface area contributed by atoms with E-state index < -0.39 is 12.5 Å². The number of hydrogen-bond acceptors (Lipinski definition) is 3. The third-order valence-corrected chi connectivity index (χ3v) is 2.81. The van der Waals surface area contributed by atoms with E-state index >= 15 is 0 Å². The molecule has 0 spiro atoms. The maximum absolute atomic E-state index is 12.3. The van der Waals surface area contributed by atoms with Crippen LogP contribution in [0.1, 0.15) is 15.9 Å². The smallest absolute Gasteiger partial charge is 0.387 e. The van der Waals surface area contributed by atoms with Gasteiger partial charge < -0.3 is 15.2 Å². The number of para-hydroxylation sites is 2. The molecule has 0 radical (unpaired) electrons. The number of halogens is 2. The monoisotopic (exact) mass is 293 g/mol. The molecule has 0 saturated heterocycles. The van der Waals surface area contributed by atoms with Crippen LogP contribution in [0.15, 0.2) is 42.5 Å². The molecular formula is C15H13F2NO3. The molecule has 21 heavy (non-hydrogen) atoms. The minimum absolute atomic E-state index is 0.0467. The van der Waals surface area contributed by atoms with E-state index in [4.69, 9.17) is 0 Å². The van der Waals surface area contributed by atoms with Crippen molar-refractivity contribution in [1.29, 1.82) is 0 Å². The van der Waals surface area contributed by atoms with E-state index in [1.54, 1.807) is 13.0 Å². The first-order chi connectivity index (χ1) is 9.97. The van der Waals surface area contributed by atoms with Crippen molar-refractivity contribution >= 4 is 11.6 Å². The normalized spacial score (nSPS) is 10.5. The summed E-state index contributed by atoms with van der Waals surface area (Å²) in [6, 6.07) is 10.2. The lowest BCUT2D eigenvalue weighted by Gasteiger charge is -2.12. The first kappa shape index (κ1) is 14.8. The third-order valence-electron chi connectivity index (χ3n) is 2.81. The molecule has 0 aromatic heterocycles. The van der Waals surface area contributed by atoms with E-state index in [9.17, 15) is 18.7 Å². The lowest BCUT2D eigenvalue weighted by molar-refractivity contribution is -0.0493. The molecule has 4 nitrogen and oxygen atoms in total. The molecule has 0 unspecified atom stereocenters. The van der Waals surface area contributed by atoms with Crippen molar-refractivity contribution < 1.29 is 23.4 Å². The highest BCUT2D eigenvalue weighted by molar-refractivity contribution is 6.06. The fourth-order valence-electron chi connectivity index (χ4n) is 1.86. The second-order valence-corrected chi connectivity index (χ2v) is 4.33. The average Bonchev–Trinajstić information content (AvgIpc) is 2.40. The molecule has 1 amide bonds. The van der Waals surface area contributed by atoms with E-state index in [-0.39, 0.29) is 17.2 Å². The predicted molar refractivity (Wildman–Crippen MR) is 73.9 cm³/mol. The second kappa shape index (κ2) is 6.21. The second-order valence-electron chi connectivity index (χ2n) is 4.33. The van der Waals surface area contributed by atoms with Crippen LogP contribution >= 0.6 is 0 Å². The zero-order chi connectivity index (χ0) is 15.4. The molecule has 6 heteroatoms. The van der Waals surface area contributed by atoms with Gasteiger partial charge in [-0.15, -0.1) is 0 Å². The van der Waals surface area contributed by atoms with Gasteiger partial charge in [0.2, 0.25) is 0 Å². The van der Waals surface area contributed by atoms with E-state index in [2.05, 4.69) is 10.1 Å². The van der Waals surface area contributed by atoms with Crippen LogP contribution in [-0.2, 0) is 0 Å². The van der Waals surface area contributed by atoms with Gasteiger partial charge in [-0.1, -0.05) is 12.1 Å². The summed E-state index contributed by atoms with van der Waals surface area (Å²) < 4.78 is 29.0. The van der Waals surface area contributed by atoms with Gasteiger partial charge in [-0.2, -0.15) is 8.78 Å². The molecule has 110 valence electrons. The molecule has 2 rings (SSSR count). The van der Waals surface area contributed by atoms with Gasteiger partial charge in [-0.05, 0) is 42.8 Å². The Morgan fingerprint density at radius 2 is 1.95 bits per heavy atom. The molecule has 0 fully saturated rings. The van der Waals surface area contributed by atoms with Crippen molar-refractivity contribution in [2.45, 2.75) is 13.5 Å². The van der Waals surface area contributed by atoms with Gasteiger partial charge in [-0.25, -0.2) is 0 Å². The van der Waals surface area contributed by atoms with E-state index in [1.807, 2.05) is 0 Å². The van der Waals surface area contributed by atoms with Crippen molar-refractivity contribution in [3.05, 3.63) is 53.6 Å². The Kier molecular flexibility index (Phi) is 4.37. The van der Waals surface area contributed by atoms with Crippen LogP contribution in [0.5, 0.6) is 11.5 Å². The number of alkyl halides is 2. The molecular weight excluding hydrogens is 280 g/mol. The topological polar surface area (TPSA) is 58.6 Å². The lowest BCUT2D eigenvalue weighted by atomic mass is 10.1. The molecule has 0 aliphatic heterocycles. The van der Waals surface area contributed by atoms with Crippen LogP contribution < -0.4 is 10.1 Å². The van der Waals surface area contributed by atoms with Crippen molar-refractivity contribution in [3.63, 3.8) is 0 Å². The van der Waals surface area contributed by atoms with Gasteiger partial charge in [0.05, 0.1) is 5.69 Å². The molecule has 2 aromatic carbocycles. The highest BCUT2D eigenvalue weighted by atomic mass is 19.3. The highest BCUT2D eigenvalue weighted by Gasteiger charge is 2.14. The van der Waals surface area contributed by atoms with Crippen molar-refractivity contribution in [2.75, 3.05) is 5.32 Å². The average molecular weight is 293 g/mol. The Labute approximate surface area is 120 Å². The van der Waals surface area contributed by atoms with Gasteiger partial charge in [0.1, 0.15) is 11.5 Å². The number of aromatic hydroxyl groups is 1. The van der Waals surface area contributed by atoms with E-state index in [0.717, 1.165) is 0 Å². The predicted octanol–water partition coefficient (Wildman–Crippen LogP) is 3.55. The largest absolute Gasteiger partial charge is 0.508 e. The van der Waals surface area contributed by atoms with Crippen LogP contribution in [0.25, 0.3) is 0 Å². The number of benzene rings is 2. The fourth-order valence-corrected chi connectivity index (χ4v) is 1.86. The summed E-state index contributed by atoms with van der Waals surface area (Å²) in [6.07, 6.45) is 0. The number of amides is 1. The first-order valence-corrected chi connectivity index (χ1v) is 6.12. The summed E-state index contributed by atoms with van der Waals surface area (Å²) in [5.41, 5.74) is 1.05. The van der Waals surface area contributed by atoms with Gasteiger partial charge in [0.15, 0.2) is 0 Å². The molecule has 0 atom stereocenters. The van der Waals surface area contributed by atoms with Gasteiger partial charge in [0, 0.05) is 5.56 Å². The van der Waals surface area contributed by atoms with Crippen LogP contribution in [0.3, 0.4) is 0 Å². The molecule has 2 aromatic rings. The molecule has 0 saturated carbocycles. The first-order valence-electron chi connectivity index (χ1n) is 6.12. The summed E-state index contributed by atoms with van der Waals surface area (Å²) in [6.45, 7) is -1.31. The number of anilines is 1. The van der Waals surface area contributed by atoms with Crippen LogP contribution in [0.4, 0.5) is 14.5 Å². The number of nitrogens with one attached hydrogen (secondary N) is 1. The minimum Gasteiger partial charge on any atom is -0.508 e. The van der Waals surface area contributed by atoms with Crippen molar-refractivity contribution in [3.8, 4) is 11.5 Å². The summed E-state index contributed by atoms with van der Waals surface area (Å²) in [7, 11) is 0. The number of rotatable bonds is 4. The maximum atomic E-state index is 12.3. The maximum Gasteiger partial charge on any atom is 0.387 e. The lowest BCUT2D eigenvalue weighted by Crippen LogP contribution is -2.15. The number of carbonyl (C=O) groups excluding carboxylic acids is 1. The summed E-state index contributed by atoms with van der Waals surface area (Å²) in [5, 5.41) is 11.8. The van der Waals surface area contributed by atoms with Crippen LogP contribution in [-0.4, -0.2) is 17.6 Å². The van der Waals surface area contributed by atoms with Gasteiger partial charge in [0.25, 0.3) is 5.91 Å². The van der Waals surface area contributed by atoms with Crippen molar-refractivity contribution in [1.82, 2.24) is 0 Å².